The fourth-order valence-corrected chi connectivity index (χ4v) is 2.59. The first-order valence-electron chi connectivity index (χ1n) is 6.51. The molecule has 0 spiro atoms. The molecule has 19 heavy (non-hydrogen) atoms. The molecule has 4 rings (SSSR count). The van der Waals surface area contributed by atoms with E-state index in [4.69, 9.17) is 0 Å². The van der Waals surface area contributed by atoms with Crippen LogP contribution in [0.25, 0.3) is 16.6 Å². The first-order chi connectivity index (χ1) is 9.42. The molecule has 0 aliphatic carbocycles. The third-order valence-electron chi connectivity index (χ3n) is 3.58. The molecule has 0 amide bonds. The molecule has 3 aromatic rings. The summed E-state index contributed by atoms with van der Waals surface area (Å²) in [5.74, 6) is 0.780. The number of hydrogen-bond acceptors (Lipinski definition) is 4. The Hall–Kier alpha value is -2.21. The van der Waals surface area contributed by atoms with Crippen molar-refractivity contribution in [2.45, 2.75) is 18.9 Å². The predicted octanol–water partition coefficient (Wildman–Crippen LogP) is 1.57. The van der Waals surface area contributed by atoms with E-state index in [1.54, 1.807) is 4.80 Å². The molecule has 96 valence electrons. The Morgan fingerprint density at radius 2 is 2.21 bits per heavy atom. The Morgan fingerprint density at radius 3 is 3.11 bits per heavy atom. The number of aromatic amines is 1. The average molecular weight is 254 g/mol. The lowest BCUT2D eigenvalue weighted by atomic mass is 10.2. The summed E-state index contributed by atoms with van der Waals surface area (Å²) in [6.07, 6.45) is 4.17. The van der Waals surface area contributed by atoms with E-state index in [0.717, 1.165) is 35.4 Å². The van der Waals surface area contributed by atoms with Gasteiger partial charge >= 0.3 is 0 Å². The molecule has 6 heteroatoms. The van der Waals surface area contributed by atoms with Crippen molar-refractivity contribution in [3.8, 4) is 5.69 Å². The molecular weight excluding hydrogens is 240 g/mol. The summed E-state index contributed by atoms with van der Waals surface area (Å²) in [6.45, 7) is 1.03. The zero-order valence-electron chi connectivity index (χ0n) is 10.4. The molecule has 3 heterocycles. The number of fused-ring (bicyclic) bond motifs is 1. The lowest BCUT2D eigenvalue weighted by Crippen LogP contribution is -2.14. The van der Waals surface area contributed by atoms with Crippen LogP contribution in [-0.4, -0.2) is 31.7 Å². The highest BCUT2D eigenvalue weighted by molar-refractivity contribution is 5.87. The molecule has 1 saturated heterocycles. The number of tetrazole rings is 1. The Morgan fingerprint density at radius 1 is 1.26 bits per heavy atom. The van der Waals surface area contributed by atoms with Crippen LogP contribution in [0.5, 0.6) is 0 Å². The number of aromatic nitrogens is 5. The van der Waals surface area contributed by atoms with Gasteiger partial charge in [-0.3, -0.25) is 0 Å². The van der Waals surface area contributed by atoms with E-state index >= 15 is 0 Å². The third-order valence-corrected chi connectivity index (χ3v) is 3.58. The van der Waals surface area contributed by atoms with Gasteiger partial charge in [-0.15, -0.1) is 15.0 Å². The van der Waals surface area contributed by atoms with Crippen molar-refractivity contribution in [2.24, 2.45) is 0 Å². The predicted molar refractivity (Wildman–Crippen MR) is 71.0 cm³/mol. The lowest BCUT2D eigenvalue weighted by molar-refractivity contribution is 0.602. The van der Waals surface area contributed by atoms with Crippen molar-refractivity contribution in [3.05, 3.63) is 36.3 Å². The molecule has 0 saturated carbocycles. The summed E-state index contributed by atoms with van der Waals surface area (Å²) in [4.78, 5) is 4.83. The monoisotopic (exact) mass is 254 g/mol. The molecule has 1 aliphatic rings. The summed E-state index contributed by atoms with van der Waals surface area (Å²) in [5.41, 5.74) is 2.02. The maximum Gasteiger partial charge on any atom is 0.192 e. The zero-order valence-corrected chi connectivity index (χ0v) is 10.4. The van der Waals surface area contributed by atoms with E-state index in [1.165, 1.54) is 6.42 Å². The van der Waals surface area contributed by atoms with Crippen molar-refractivity contribution in [3.63, 3.8) is 0 Å². The number of nitrogens with zero attached hydrogens (tertiary/aromatic N) is 4. The standard InChI is InChI=1S/C13H14N6/c1-2-5-10-9(4-1)12(8-15-10)19-17-13(16-18-19)11-6-3-7-14-11/h1-2,4-5,8,11,14-15H,3,6-7H2. The molecule has 2 N–H and O–H groups in total. The fraction of sp³-hybridized carbons (Fsp3) is 0.308. The SMILES string of the molecule is c1ccc2c(-n3nnc(C4CCCN4)n3)c[nH]c2c1. The van der Waals surface area contributed by atoms with Gasteiger partial charge in [-0.25, -0.2) is 0 Å². The van der Waals surface area contributed by atoms with Crippen molar-refractivity contribution in [1.29, 1.82) is 0 Å². The van der Waals surface area contributed by atoms with Crippen LogP contribution >= 0.6 is 0 Å². The van der Waals surface area contributed by atoms with Crippen LogP contribution in [0, 0.1) is 0 Å². The Labute approximate surface area is 109 Å². The molecule has 1 aromatic carbocycles. The van der Waals surface area contributed by atoms with E-state index < -0.39 is 0 Å². The average Bonchev–Trinajstić information content (AvgIpc) is 3.18. The van der Waals surface area contributed by atoms with Gasteiger partial charge in [0, 0.05) is 17.1 Å². The van der Waals surface area contributed by atoms with E-state index in [9.17, 15) is 0 Å². The molecule has 2 aromatic heterocycles. The van der Waals surface area contributed by atoms with Gasteiger partial charge in [0.25, 0.3) is 0 Å². The number of para-hydroxylation sites is 1. The number of benzene rings is 1. The van der Waals surface area contributed by atoms with Gasteiger partial charge in [0.2, 0.25) is 0 Å². The Kier molecular flexibility index (Phi) is 2.34. The van der Waals surface area contributed by atoms with Crippen LogP contribution in [0.1, 0.15) is 24.7 Å². The fourth-order valence-electron chi connectivity index (χ4n) is 2.59. The molecule has 0 bridgehead atoms. The second kappa shape index (κ2) is 4.17. The molecule has 1 fully saturated rings. The first-order valence-corrected chi connectivity index (χ1v) is 6.51. The molecule has 6 nitrogen and oxygen atoms in total. The largest absolute Gasteiger partial charge is 0.359 e. The minimum absolute atomic E-state index is 0.249. The van der Waals surface area contributed by atoms with Gasteiger partial charge in [0.15, 0.2) is 5.82 Å². The third kappa shape index (κ3) is 1.72. The maximum atomic E-state index is 4.50. The van der Waals surface area contributed by atoms with E-state index in [2.05, 4.69) is 31.8 Å². The maximum absolute atomic E-state index is 4.50. The molecular formula is C13H14N6. The summed E-state index contributed by atoms with van der Waals surface area (Å²) >= 11 is 0. The second-order valence-electron chi connectivity index (χ2n) is 4.81. The number of hydrogen-bond donors (Lipinski definition) is 2. The van der Waals surface area contributed by atoms with Gasteiger partial charge in [-0.05, 0) is 30.7 Å². The highest BCUT2D eigenvalue weighted by Gasteiger charge is 2.21. The topological polar surface area (TPSA) is 71.4 Å². The minimum Gasteiger partial charge on any atom is -0.359 e. The van der Waals surface area contributed by atoms with Gasteiger partial charge in [0.1, 0.15) is 5.69 Å². The molecule has 1 atom stereocenters. The zero-order chi connectivity index (χ0) is 12.7. The highest BCUT2D eigenvalue weighted by Crippen LogP contribution is 2.22. The van der Waals surface area contributed by atoms with Crippen LogP contribution in [0.15, 0.2) is 30.5 Å². The summed E-state index contributed by atoms with van der Waals surface area (Å²) in [7, 11) is 0. The summed E-state index contributed by atoms with van der Waals surface area (Å²) < 4.78 is 0. The van der Waals surface area contributed by atoms with E-state index in [1.807, 2.05) is 24.4 Å². The lowest BCUT2D eigenvalue weighted by Gasteiger charge is -2.02. The van der Waals surface area contributed by atoms with Crippen molar-refractivity contribution < 1.29 is 0 Å². The first kappa shape index (κ1) is 10.7. The van der Waals surface area contributed by atoms with Gasteiger partial charge < -0.3 is 10.3 Å². The van der Waals surface area contributed by atoms with Crippen molar-refractivity contribution in [1.82, 2.24) is 30.5 Å². The minimum atomic E-state index is 0.249. The van der Waals surface area contributed by atoms with E-state index in [-0.39, 0.29) is 6.04 Å². The summed E-state index contributed by atoms with van der Waals surface area (Å²) in [6, 6.07) is 8.35. The Balaban J connectivity index is 1.76. The van der Waals surface area contributed by atoms with Crippen LogP contribution < -0.4 is 5.32 Å². The number of nitrogens with one attached hydrogen (secondary N) is 2. The van der Waals surface area contributed by atoms with E-state index in [0.29, 0.717) is 0 Å². The quantitative estimate of drug-likeness (QED) is 0.728. The van der Waals surface area contributed by atoms with Gasteiger partial charge in [-0.2, -0.15) is 0 Å². The number of rotatable bonds is 2. The molecule has 0 radical (unpaired) electrons. The van der Waals surface area contributed by atoms with Gasteiger partial charge in [-0.1, -0.05) is 18.2 Å². The Bertz CT molecular complexity index is 707. The second-order valence-corrected chi connectivity index (χ2v) is 4.81. The summed E-state index contributed by atoms with van der Waals surface area (Å²) in [5, 5.41) is 17.3. The van der Waals surface area contributed by atoms with Crippen molar-refractivity contribution in [2.75, 3.05) is 6.54 Å². The van der Waals surface area contributed by atoms with Crippen molar-refractivity contribution >= 4 is 10.9 Å². The van der Waals surface area contributed by atoms with Gasteiger partial charge in [0.05, 0.1) is 6.04 Å². The van der Waals surface area contributed by atoms with Crippen LogP contribution in [0.2, 0.25) is 0 Å². The highest BCUT2D eigenvalue weighted by atomic mass is 15.6. The molecule has 1 unspecified atom stereocenters. The molecule has 1 aliphatic heterocycles. The smallest absolute Gasteiger partial charge is 0.192 e. The van der Waals surface area contributed by atoms with Crippen LogP contribution in [0.4, 0.5) is 0 Å². The number of H-pyrrole nitrogens is 1. The van der Waals surface area contributed by atoms with Crippen LogP contribution in [-0.2, 0) is 0 Å². The van der Waals surface area contributed by atoms with Crippen LogP contribution in [0.3, 0.4) is 0 Å². The normalized spacial score (nSPS) is 19.3.